The Hall–Kier alpha value is -1.81. The van der Waals surface area contributed by atoms with Crippen LogP contribution in [-0.2, 0) is 6.54 Å². The predicted octanol–water partition coefficient (Wildman–Crippen LogP) is 4.38. The lowest BCUT2D eigenvalue weighted by molar-refractivity contribution is 0.0972. The molecule has 0 unspecified atom stereocenters. The van der Waals surface area contributed by atoms with E-state index in [2.05, 4.69) is 10.6 Å². The number of Topliss-reactive ketones (excluding diaryl/α,β-unsaturated/α-hetero) is 1. The minimum absolute atomic E-state index is 0.300. The van der Waals surface area contributed by atoms with Crippen LogP contribution in [0.1, 0.15) is 73.3 Å². The van der Waals surface area contributed by atoms with E-state index in [0.29, 0.717) is 23.9 Å². The van der Waals surface area contributed by atoms with Crippen LogP contribution >= 0.6 is 0 Å². The van der Waals surface area contributed by atoms with Crippen molar-refractivity contribution >= 4 is 16.7 Å². The standard InChI is InChI=1S/C20H25NO3/c22-13-24-15-9-10-16-17(12-15)21-11-5-4-8-18(23)20(21)19(16)14-6-2-1-3-7-14/h9-10,12,14,22H,1-8,11,13H2. The first-order valence-electron chi connectivity index (χ1n) is 9.22. The molecule has 0 radical (unpaired) electrons. The number of carbonyl (C=O) groups excluding carboxylic acids is 1. The van der Waals surface area contributed by atoms with Gasteiger partial charge in [0.05, 0.1) is 11.2 Å². The van der Waals surface area contributed by atoms with Crippen LogP contribution in [0.25, 0.3) is 10.9 Å². The molecule has 4 rings (SSSR count). The van der Waals surface area contributed by atoms with Gasteiger partial charge < -0.3 is 14.4 Å². The van der Waals surface area contributed by atoms with E-state index >= 15 is 0 Å². The number of aromatic nitrogens is 1. The summed E-state index contributed by atoms with van der Waals surface area (Å²) in [6, 6.07) is 5.98. The van der Waals surface area contributed by atoms with E-state index in [1.165, 1.54) is 43.1 Å². The van der Waals surface area contributed by atoms with Gasteiger partial charge in [-0.15, -0.1) is 0 Å². The number of ketones is 1. The molecule has 1 aromatic heterocycles. The SMILES string of the molecule is O=C1CCCCn2c1c(C1CCCCC1)c1ccc(OCO)cc12. The van der Waals surface area contributed by atoms with Crippen molar-refractivity contribution < 1.29 is 14.6 Å². The van der Waals surface area contributed by atoms with Gasteiger partial charge in [-0.1, -0.05) is 19.3 Å². The first-order chi connectivity index (χ1) is 11.8. The zero-order valence-electron chi connectivity index (χ0n) is 14.1. The van der Waals surface area contributed by atoms with E-state index in [9.17, 15) is 4.79 Å². The maximum absolute atomic E-state index is 12.9. The second kappa shape index (κ2) is 6.60. The summed E-state index contributed by atoms with van der Waals surface area (Å²) in [5.41, 5.74) is 3.33. The zero-order chi connectivity index (χ0) is 16.5. The minimum Gasteiger partial charge on any atom is -0.468 e. The van der Waals surface area contributed by atoms with Gasteiger partial charge in [0, 0.05) is 24.4 Å². The Kier molecular flexibility index (Phi) is 4.31. The van der Waals surface area contributed by atoms with Crippen molar-refractivity contribution in [1.82, 2.24) is 4.57 Å². The molecule has 1 aromatic carbocycles. The average Bonchev–Trinajstić information content (AvgIpc) is 2.81. The Morgan fingerprint density at radius 3 is 2.75 bits per heavy atom. The van der Waals surface area contributed by atoms with E-state index in [4.69, 9.17) is 9.84 Å². The average molecular weight is 327 g/mol. The molecule has 0 spiro atoms. The fraction of sp³-hybridized carbons (Fsp3) is 0.550. The monoisotopic (exact) mass is 327 g/mol. The summed E-state index contributed by atoms with van der Waals surface area (Å²) in [7, 11) is 0. The number of hydrogen-bond acceptors (Lipinski definition) is 3. The number of benzene rings is 1. The molecule has 0 bridgehead atoms. The number of aliphatic hydroxyl groups is 1. The van der Waals surface area contributed by atoms with Crippen molar-refractivity contribution in [3.63, 3.8) is 0 Å². The first-order valence-corrected chi connectivity index (χ1v) is 9.22. The van der Waals surface area contributed by atoms with Crippen molar-refractivity contribution in [1.29, 1.82) is 0 Å². The fourth-order valence-corrected chi connectivity index (χ4v) is 4.53. The molecule has 1 N–H and O–H groups in total. The van der Waals surface area contributed by atoms with Gasteiger partial charge in [-0.25, -0.2) is 0 Å². The predicted molar refractivity (Wildman–Crippen MR) is 93.7 cm³/mol. The van der Waals surface area contributed by atoms with E-state index in [-0.39, 0.29) is 6.79 Å². The van der Waals surface area contributed by atoms with Gasteiger partial charge in [-0.3, -0.25) is 4.79 Å². The van der Waals surface area contributed by atoms with Crippen molar-refractivity contribution in [3.8, 4) is 5.75 Å². The Balaban J connectivity index is 1.93. The number of aliphatic hydroxyl groups excluding tert-OH is 1. The summed E-state index contributed by atoms with van der Waals surface area (Å²) in [5.74, 6) is 1.47. The third-order valence-corrected chi connectivity index (χ3v) is 5.62. The number of fused-ring (bicyclic) bond motifs is 3. The van der Waals surface area contributed by atoms with Crippen LogP contribution in [-0.4, -0.2) is 22.2 Å². The number of nitrogens with zero attached hydrogens (tertiary/aromatic N) is 1. The van der Waals surface area contributed by atoms with Crippen molar-refractivity contribution in [3.05, 3.63) is 29.5 Å². The topological polar surface area (TPSA) is 51.5 Å². The molecule has 1 saturated carbocycles. The Bertz CT molecular complexity index is 756. The molecule has 128 valence electrons. The van der Waals surface area contributed by atoms with Gasteiger partial charge in [0.2, 0.25) is 0 Å². The lowest BCUT2D eigenvalue weighted by Crippen LogP contribution is -2.12. The lowest BCUT2D eigenvalue weighted by atomic mass is 9.82. The molecule has 0 atom stereocenters. The first kappa shape index (κ1) is 15.7. The Morgan fingerprint density at radius 2 is 1.96 bits per heavy atom. The van der Waals surface area contributed by atoms with Gasteiger partial charge in [0.25, 0.3) is 0 Å². The van der Waals surface area contributed by atoms with Gasteiger partial charge in [0.1, 0.15) is 5.75 Å². The van der Waals surface area contributed by atoms with Crippen LogP contribution in [0.4, 0.5) is 0 Å². The van der Waals surface area contributed by atoms with E-state index in [0.717, 1.165) is 30.6 Å². The van der Waals surface area contributed by atoms with E-state index < -0.39 is 0 Å². The molecule has 1 fully saturated rings. The number of rotatable bonds is 3. The van der Waals surface area contributed by atoms with Crippen LogP contribution in [0.5, 0.6) is 5.75 Å². The zero-order valence-corrected chi connectivity index (χ0v) is 14.1. The minimum atomic E-state index is -0.326. The third-order valence-electron chi connectivity index (χ3n) is 5.62. The number of aryl methyl sites for hydroxylation is 1. The van der Waals surface area contributed by atoms with Gasteiger partial charge in [0.15, 0.2) is 12.6 Å². The van der Waals surface area contributed by atoms with Gasteiger partial charge in [-0.05, 0) is 49.3 Å². The van der Waals surface area contributed by atoms with Crippen molar-refractivity contribution in [2.24, 2.45) is 0 Å². The quantitative estimate of drug-likeness (QED) is 0.851. The van der Waals surface area contributed by atoms with Crippen molar-refractivity contribution in [2.45, 2.75) is 63.8 Å². The molecular formula is C20H25NO3. The second-order valence-electron chi connectivity index (χ2n) is 7.08. The maximum Gasteiger partial charge on any atom is 0.186 e. The number of carbonyl (C=O) groups is 1. The number of hydrogen-bond donors (Lipinski definition) is 1. The Labute approximate surface area is 142 Å². The summed E-state index contributed by atoms with van der Waals surface area (Å²) in [6.07, 6.45) is 8.88. The molecule has 2 aromatic rings. The van der Waals surface area contributed by atoms with E-state index in [1.54, 1.807) is 0 Å². The summed E-state index contributed by atoms with van der Waals surface area (Å²) in [6.45, 7) is 0.570. The second-order valence-corrected chi connectivity index (χ2v) is 7.08. The highest BCUT2D eigenvalue weighted by atomic mass is 16.6. The fourth-order valence-electron chi connectivity index (χ4n) is 4.53. The molecule has 0 saturated heterocycles. The van der Waals surface area contributed by atoms with Gasteiger partial charge >= 0.3 is 0 Å². The Morgan fingerprint density at radius 1 is 1.12 bits per heavy atom. The summed E-state index contributed by atoms with van der Waals surface area (Å²) in [4.78, 5) is 12.9. The molecule has 1 aliphatic carbocycles. The highest BCUT2D eigenvalue weighted by Gasteiger charge is 2.29. The van der Waals surface area contributed by atoms with Crippen LogP contribution in [0.2, 0.25) is 0 Å². The molecule has 0 amide bonds. The van der Waals surface area contributed by atoms with Gasteiger partial charge in [-0.2, -0.15) is 0 Å². The summed E-state index contributed by atoms with van der Waals surface area (Å²) >= 11 is 0. The highest BCUT2D eigenvalue weighted by molar-refractivity contribution is 6.03. The smallest absolute Gasteiger partial charge is 0.186 e. The normalized spacial score (nSPS) is 19.3. The molecule has 2 aliphatic rings. The molecule has 2 heterocycles. The molecule has 24 heavy (non-hydrogen) atoms. The molecular weight excluding hydrogens is 302 g/mol. The highest BCUT2D eigenvalue weighted by Crippen LogP contribution is 2.42. The van der Waals surface area contributed by atoms with Crippen molar-refractivity contribution in [2.75, 3.05) is 6.79 Å². The molecule has 4 nitrogen and oxygen atoms in total. The van der Waals surface area contributed by atoms with Crippen LogP contribution < -0.4 is 4.74 Å². The lowest BCUT2D eigenvalue weighted by Gasteiger charge is -2.22. The van der Waals surface area contributed by atoms with Crippen LogP contribution in [0, 0.1) is 0 Å². The third kappa shape index (κ3) is 2.63. The maximum atomic E-state index is 12.9. The van der Waals surface area contributed by atoms with E-state index in [1.807, 2.05) is 12.1 Å². The largest absolute Gasteiger partial charge is 0.468 e. The molecule has 4 heteroatoms. The summed E-state index contributed by atoms with van der Waals surface area (Å²) in [5, 5.41) is 10.2. The van der Waals surface area contributed by atoms with Crippen LogP contribution in [0.15, 0.2) is 18.2 Å². The van der Waals surface area contributed by atoms with Crippen LogP contribution in [0.3, 0.4) is 0 Å². The summed E-state index contributed by atoms with van der Waals surface area (Å²) < 4.78 is 7.50. The number of ether oxygens (including phenoxy) is 1. The molecule has 1 aliphatic heterocycles.